The minimum atomic E-state index is 0.0133. The van der Waals surface area contributed by atoms with Gasteiger partial charge in [-0.3, -0.25) is 9.48 Å². The number of nitrogens with zero attached hydrogens (tertiary/aromatic N) is 3. The molecule has 0 saturated carbocycles. The van der Waals surface area contributed by atoms with Crippen LogP contribution in [0.5, 0.6) is 0 Å². The van der Waals surface area contributed by atoms with Gasteiger partial charge in [0.15, 0.2) is 0 Å². The molecule has 5 heteroatoms. The summed E-state index contributed by atoms with van der Waals surface area (Å²) >= 11 is 0. The third-order valence-electron chi connectivity index (χ3n) is 4.77. The van der Waals surface area contributed by atoms with Gasteiger partial charge in [-0.25, -0.2) is 0 Å². The topological polar surface area (TPSA) is 47.4 Å². The quantitative estimate of drug-likeness (QED) is 0.866. The van der Waals surface area contributed by atoms with Crippen LogP contribution >= 0.6 is 0 Å². The first-order valence-electron chi connectivity index (χ1n) is 8.44. The zero-order valence-electron chi connectivity index (χ0n) is 14.6. The number of hydrogen-bond acceptors (Lipinski definition) is 3. The van der Waals surface area contributed by atoms with Gasteiger partial charge in [0.2, 0.25) is 0 Å². The lowest BCUT2D eigenvalue weighted by Crippen LogP contribution is -2.47. The van der Waals surface area contributed by atoms with E-state index >= 15 is 0 Å². The van der Waals surface area contributed by atoms with Crippen molar-refractivity contribution in [1.82, 2.24) is 14.7 Å². The predicted octanol–water partition coefficient (Wildman–Crippen LogP) is 2.45. The molecule has 0 spiro atoms. The van der Waals surface area contributed by atoms with Gasteiger partial charge in [-0.2, -0.15) is 5.10 Å². The molecule has 1 aliphatic rings. The third-order valence-corrected chi connectivity index (χ3v) is 4.77. The van der Waals surface area contributed by atoms with Crippen LogP contribution in [0.15, 0.2) is 36.5 Å². The van der Waals surface area contributed by atoms with E-state index < -0.39 is 0 Å². The van der Waals surface area contributed by atoms with E-state index in [1.807, 2.05) is 11.9 Å². The number of piperidine rings is 1. The molecule has 2 atom stereocenters. The number of aromatic nitrogens is 2. The van der Waals surface area contributed by atoms with E-state index in [9.17, 15) is 4.79 Å². The molecule has 1 aromatic carbocycles. The van der Waals surface area contributed by atoms with E-state index in [-0.39, 0.29) is 12.0 Å². The maximum atomic E-state index is 12.7. The molecule has 1 aliphatic heterocycles. The highest BCUT2D eigenvalue weighted by Crippen LogP contribution is 2.25. The van der Waals surface area contributed by atoms with E-state index in [1.54, 1.807) is 24.1 Å². The van der Waals surface area contributed by atoms with Crippen molar-refractivity contribution in [3.8, 4) is 0 Å². The zero-order valence-corrected chi connectivity index (χ0v) is 14.6. The summed E-state index contributed by atoms with van der Waals surface area (Å²) in [6.07, 6.45) is 3.79. The number of hydrogen-bond donors (Lipinski definition) is 0. The Kier molecular flexibility index (Phi) is 5.00. The lowest BCUT2D eigenvalue weighted by molar-refractivity contribution is -0.00319. The van der Waals surface area contributed by atoms with Crippen LogP contribution in [0.2, 0.25) is 0 Å². The number of carbonyl (C=O) groups is 1. The fourth-order valence-electron chi connectivity index (χ4n) is 3.53. The summed E-state index contributed by atoms with van der Waals surface area (Å²) in [5.74, 6) is 0.317. The predicted molar refractivity (Wildman–Crippen MR) is 92.9 cm³/mol. The number of likely N-dealkylation sites (tertiary alicyclic amines) is 1. The Hall–Kier alpha value is -2.14. The van der Waals surface area contributed by atoms with Gasteiger partial charge in [0.25, 0.3) is 5.91 Å². The van der Waals surface area contributed by atoms with Gasteiger partial charge in [0.1, 0.15) is 5.69 Å². The van der Waals surface area contributed by atoms with E-state index in [4.69, 9.17) is 4.74 Å². The molecule has 128 valence electrons. The number of carbonyl (C=O) groups excluding carboxylic acids is 1. The first-order valence-corrected chi connectivity index (χ1v) is 8.44. The van der Waals surface area contributed by atoms with Gasteiger partial charge in [-0.1, -0.05) is 29.8 Å². The van der Waals surface area contributed by atoms with Crippen molar-refractivity contribution in [3.05, 3.63) is 53.3 Å². The Labute approximate surface area is 143 Å². The lowest BCUT2D eigenvalue weighted by Gasteiger charge is -2.37. The molecule has 24 heavy (non-hydrogen) atoms. The van der Waals surface area contributed by atoms with Gasteiger partial charge >= 0.3 is 0 Å². The fourth-order valence-corrected chi connectivity index (χ4v) is 3.53. The number of aryl methyl sites for hydroxylation is 2. The van der Waals surface area contributed by atoms with Crippen molar-refractivity contribution in [2.75, 3.05) is 20.2 Å². The van der Waals surface area contributed by atoms with Crippen molar-refractivity contribution in [3.63, 3.8) is 0 Å². The van der Waals surface area contributed by atoms with Crippen LogP contribution in [-0.2, 0) is 18.2 Å². The van der Waals surface area contributed by atoms with Gasteiger partial charge in [-0.15, -0.1) is 0 Å². The van der Waals surface area contributed by atoms with Crippen LogP contribution in [0.3, 0.4) is 0 Å². The third kappa shape index (κ3) is 3.67. The summed E-state index contributed by atoms with van der Waals surface area (Å²) in [6.45, 7) is 3.54. The molecule has 2 heterocycles. The van der Waals surface area contributed by atoms with Crippen LogP contribution in [0, 0.1) is 12.8 Å². The summed E-state index contributed by atoms with van der Waals surface area (Å²) < 4.78 is 7.35. The van der Waals surface area contributed by atoms with E-state index in [1.165, 1.54) is 11.1 Å². The van der Waals surface area contributed by atoms with E-state index in [2.05, 4.69) is 36.3 Å². The first kappa shape index (κ1) is 16.7. The van der Waals surface area contributed by atoms with Gasteiger partial charge in [0, 0.05) is 39.4 Å². The van der Waals surface area contributed by atoms with Crippen LogP contribution < -0.4 is 0 Å². The molecule has 3 rings (SSSR count). The number of ether oxygens (including phenoxy) is 1. The molecule has 0 aliphatic carbocycles. The molecule has 0 unspecified atom stereocenters. The molecule has 1 fully saturated rings. The number of methoxy groups -OCH3 is 1. The van der Waals surface area contributed by atoms with Crippen molar-refractivity contribution < 1.29 is 9.53 Å². The van der Waals surface area contributed by atoms with Crippen LogP contribution in [0.25, 0.3) is 0 Å². The number of amides is 1. The van der Waals surface area contributed by atoms with Crippen molar-refractivity contribution in [2.24, 2.45) is 13.0 Å². The summed E-state index contributed by atoms with van der Waals surface area (Å²) in [7, 11) is 3.60. The number of rotatable bonds is 4. The van der Waals surface area contributed by atoms with Crippen molar-refractivity contribution in [2.45, 2.75) is 25.9 Å². The summed E-state index contributed by atoms with van der Waals surface area (Å²) in [5, 5.41) is 4.24. The Bertz CT molecular complexity index is 710. The van der Waals surface area contributed by atoms with Crippen LogP contribution in [0.1, 0.15) is 28.0 Å². The molecule has 0 N–H and O–H groups in total. The highest BCUT2D eigenvalue weighted by Gasteiger charge is 2.32. The Balaban J connectivity index is 1.73. The fraction of sp³-hybridized carbons (Fsp3) is 0.474. The molecular formula is C19H25N3O2. The minimum Gasteiger partial charge on any atom is -0.381 e. The molecule has 0 bridgehead atoms. The molecule has 5 nitrogen and oxygen atoms in total. The maximum Gasteiger partial charge on any atom is 0.274 e. The highest BCUT2D eigenvalue weighted by atomic mass is 16.5. The second kappa shape index (κ2) is 7.18. The Morgan fingerprint density at radius 1 is 1.38 bits per heavy atom. The smallest absolute Gasteiger partial charge is 0.274 e. The minimum absolute atomic E-state index is 0.0133. The average molecular weight is 327 g/mol. The van der Waals surface area contributed by atoms with Gasteiger partial charge < -0.3 is 9.64 Å². The number of benzene rings is 1. The summed E-state index contributed by atoms with van der Waals surface area (Å²) in [5.41, 5.74) is 3.08. The van der Waals surface area contributed by atoms with E-state index in [0.29, 0.717) is 18.2 Å². The standard InChI is InChI=1S/C19H25N3O2/c1-14-5-4-6-15(11-14)12-16-13-22(10-8-18(16)24-3)19(23)17-7-9-21(2)20-17/h4-7,9,11,16,18H,8,10,12-13H2,1-3H3/t16-,18+/m0/s1. The first-order chi connectivity index (χ1) is 11.6. The highest BCUT2D eigenvalue weighted by molar-refractivity contribution is 5.92. The molecule has 1 amide bonds. The molecule has 0 radical (unpaired) electrons. The lowest BCUT2D eigenvalue weighted by atomic mass is 9.88. The summed E-state index contributed by atoms with van der Waals surface area (Å²) in [4.78, 5) is 14.6. The Morgan fingerprint density at radius 2 is 2.21 bits per heavy atom. The van der Waals surface area contributed by atoms with Crippen LogP contribution in [-0.4, -0.2) is 46.9 Å². The average Bonchev–Trinajstić information content (AvgIpc) is 3.00. The molecule has 1 aromatic heterocycles. The second-order valence-electron chi connectivity index (χ2n) is 6.64. The molecule has 2 aromatic rings. The maximum absolute atomic E-state index is 12.7. The molecule has 1 saturated heterocycles. The van der Waals surface area contributed by atoms with Crippen LogP contribution in [0.4, 0.5) is 0 Å². The van der Waals surface area contributed by atoms with Gasteiger partial charge in [-0.05, 0) is 31.4 Å². The zero-order chi connectivity index (χ0) is 17.1. The largest absolute Gasteiger partial charge is 0.381 e. The van der Waals surface area contributed by atoms with E-state index in [0.717, 1.165) is 19.4 Å². The van der Waals surface area contributed by atoms with Crippen molar-refractivity contribution >= 4 is 5.91 Å². The Morgan fingerprint density at radius 3 is 2.88 bits per heavy atom. The molecular weight excluding hydrogens is 302 g/mol. The van der Waals surface area contributed by atoms with Gasteiger partial charge in [0.05, 0.1) is 6.10 Å². The monoisotopic (exact) mass is 327 g/mol. The summed E-state index contributed by atoms with van der Waals surface area (Å²) in [6, 6.07) is 10.3. The SMILES string of the molecule is CO[C@@H]1CCN(C(=O)c2ccn(C)n2)C[C@@H]1Cc1cccc(C)c1. The van der Waals surface area contributed by atoms with Crippen molar-refractivity contribution in [1.29, 1.82) is 0 Å². The second-order valence-corrected chi connectivity index (χ2v) is 6.64. The normalized spacial score (nSPS) is 21.0.